The van der Waals surface area contributed by atoms with E-state index in [1.54, 1.807) is 29.1 Å². The van der Waals surface area contributed by atoms with Crippen LogP contribution in [0.1, 0.15) is 5.56 Å². The van der Waals surface area contributed by atoms with E-state index in [4.69, 9.17) is 0 Å². The smallest absolute Gasteiger partial charge is 0.176 e. The second-order valence-corrected chi connectivity index (χ2v) is 4.87. The Hall–Kier alpha value is -1.24. The second-order valence-electron chi connectivity index (χ2n) is 3.42. The van der Waals surface area contributed by atoms with Gasteiger partial charge in [-0.1, -0.05) is 12.7 Å². The van der Waals surface area contributed by atoms with Crippen LogP contribution in [0.2, 0.25) is 0 Å². The van der Waals surface area contributed by atoms with Crippen molar-refractivity contribution < 1.29 is 22.6 Å². The standard InChI is InChI=1S/C10H13NO4S/c1-2-9-4-3-5-11(6-9)7-10(12)8-16(13,14)15/h2-6,10,12H,1,7-8H2. The molecule has 0 spiro atoms. The SMILES string of the molecule is C=Cc1ccc[n+](CC(O)CS(=O)(=O)[O-])c1. The molecule has 0 aliphatic heterocycles. The predicted molar refractivity (Wildman–Crippen MR) is 57.3 cm³/mol. The summed E-state index contributed by atoms with van der Waals surface area (Å²) in [5.41, 5.74) is 0.847. The molecule has 1 heterocycles. The van der Waals surface area contributed by atoms with E-state index < -0.39 is 22.0 Å². The average Bonchev–Trinajstić information content (AvgIpc) is 2.15. The first-order chi connectivity index (χ1) is 7.40. The maximum atomic E-state index is 10.4. The third-order valence-electron chi connectivity index (χ3n) is 1.93. The second kappa shape index (κ2) is 5.20. The lowest BCUT2D eigenvalue weighted by Gasteiger charge is -2.10. The number of aliphatic hydroxyl groups is 1. The number of hydrogen-bond donors (Lipinski definition) is 1. The van der Waals surface area contributed by atoms with Gasteiger partial charge in [-0.2, -0.15) is 0 Å². The Bertz CT molecular complexity index is 469. The van der Waals surface area contributed by atoms with Crippen LogP contribution >= 0.6 is 0 Å². The van der Waals surface area contributed by atoms with Gasteiger partial charge in [0.2, 0.25) is 0 Å². The number of aliphatic hydroxyl groups excluding tert-OH is 1. The van der Waals surface area contributed by atoms with Gasteiger partial charge >= 0.3 is 0 Å². The Labute approximate surface area is 94.4 Å². The van der Waals surface area contributed by atoms with Crippen LogP contribution in [-0.2, 0) is 16.7 Å². The normalized spacial score (nSPS) is 13.4. The molecule has 0 saturated carbocycles. The lowest BCUT2D eigenvalue weighted by atomic mass is 10.3. The molecular formula is C10H13NO4S. The van der Waals surface area contributed by atoms with Crippen molar-refractivity contribution >= 4 is 16.2 Å². The van der Waals surface area contributed by atoms with Gasteiger partial charge in [0.15, 0.2) is 18.9 Å². The van der Waals surface area contributed by atoms with E-state index in [9.17, 15) is 18.1 Å². The molecule has 0 radical (unpaired) electrons. The van der Waals surface area contributed by atoms with E-state index in [1.165, 1.54) is 0 Å². The first kappa shape index (κ1) is 12.8. The molecule has 0 amide bonds. The van der Waals surface area contributed by atoms with Gasteiger partial charge in [0, 0.05) is 11.6 Å². The lowest BCUT2D eigenvalue weighted by molar-refractivity contribution is -0.703. The number of hydrogen-bond acceptors (Lipinski definition) is 4. The van der Waals surface area contributed by atoms with Gasteiger partial charge in [-0.15, -0.1) is 0 Å². The summed E-state index contributed by atoms with van der Waals surface area (Å²) in [5.74, 6) is -0.779. The highest BCUT2D eigenvalue weighted by Gasteiger charge is 2.14. The van der Waals surface area contributed by atoms with Crippen molar-refractivity contribution in [2.45, 2.75) is 12.6 Å². The summed E-state index contributed by atoms with van der Waals surface area (Å²) in [7, 11) is -4.39. The Morgan fingerprint density at radius 2 is 2.31 bits per heavy atom. The number of pyridine rings is 1. The quantitative estimate of drug-likeness (QED) is 0.559. The summed E-state index contributed by atoms with van der Waals surface area (Å²) in [6.45, 7) is 3.65. The van der Waals surface area contributed by atoms with Gasteiger partial charge in [-0.05, 0) is 6.07 Å². The summed E-state index contributed by atoms with van der Waals surface area (Å²) in [5, 5.41) is 9.38. The van der Waals surface area contributed by atoms with Gasteiger partial charge in [0.1, 0.15) is 6.10 Å². The van der Waals surface area contributed by atoms with E-state index >= 15 is 0 Å². The molecule has 6 heteroatoms. The molecule has 0 aliphatic rings. The number of rotatable bonds is 5. The van der Waals surface area contributed by atoms with Crippen LogP contribution in [0.4, 0.5) is 0 Å². The Morgan fingerprint density at radius 1 is 1.62 bits per heavy atom. The van der Waals surface area contributed by atoms with E-state index in [-0.39, 0.29) is 6.54 Å². The Balaban J connectivity index is 2.69. The minimum Gasteiger partial charge on any atom is -0.748 e. The maximum Gasteiger partial charge on any atom is 0.176 e. The third kappa shape index (κ3) is 4.52. The van der Waals surface area contributed by atoms with Crippen molar-refractivity contribution in [3.8, 4) is 0 Å². The monoisotopic (exact) mass is 243 g/mol. The van der Waals surface area contributed by atoms with Gasteiger partial charge < -0.3 is 9.66 Å². The highest BCUT2D eigenvalue weighted by molar-refractivity contribution is 7.85. The van der Waals surface area contributed by atoms with Crippen LogP contribution in [0.15, 0.2) is 31.1 Å². The van der Waals surface area contributed by atoms with Crippen LogP contribution in [-0.4, -0.2) is 29.9 Å². The molecule has 16 heavy (non-hydrogen) atoms. The van der Waals surface area contributed by atoms with Crippen molar-refractivity contribution in [2.24, 2.45) is 0 Å². The molecule has 0 fully saturated rings. The highest BCUT2D eigenvalue weighted by Crippen LogP contribution is 1.96. The molecule has 1 rings (SSSR count). The molecule has 0 bridgehead atoms. The molecule has 1 atom stereocenters. The number of aromatic nitrogens is 1. The summed E-state index contributed by atoms with van der Waals surface area (Å²) < 4.78 is 32.8. The zero-order chi connectivity index (χ0) is 12.2. The molecule has 5 nitrogen and oxygen atoms in total. The minimum absolute atomic E-state index is 0.0587. The predicted octanol–water partition coefficient (Wildman–Crippen LogP) is -0.477. The molecule has 0 saturated heterocycles. The minimum atomic E-state index is -4.39. The maximum absolute atomic E-state index is 10.4. The van der Waals surface area contributed by atoms with Crippen LogP contribution < -0.4 is 4.57 Å². The van der Waals surface area contributed by atoms with Crippen molar-refractivity contribution in [3.05, 3.63) is 36.7 Å². The molecule has 0 aromatic carbocycles. The highest BCUT2D eigenvalue weighted by atomic mass is 32.2. The fraction of sp³-hybridized carbons (Fsp3) is 0.300. The van der Waals surface area contributed by atoms with Gasteiger partial charge in [-0.3, -0.25) is 0 Å². The topological polar surface area (TPSA) is 81.3 Å². The van der Waals surface area contributed by atoms with Crippen LogP contribution in [0, 0.1) is 0 Å². The summed E-state index contributed by atoms with van der Waals surface area (Å²) in [4.78, 5) is 0. The van der Waals surface area contributed by atoms with Crippen molar-refractivity contribution in [1.29, 1.82) is 0 Å². The summed E-state index contributed by atoms with van der Waals surface area (Å²) in [6, 6.07) is 3.57. The van der Waals surface area contributed by atoms with Crippen LogP contribution in [0.25, 0.3) is 6.08 Å². The largest absolute Gasteiger partial charge is 0.748 e. The van der Waals surface area contributed by atoms with E-state index in [2.05, 4.69) is 6.58 Å². The molecule has 0 aliphatic carbocycles. The Morgan fingerprint density at radius 3 is 2.88 bits per heavy atom. The fourth-order valence-electron chi connectivity index (χ4n) is 1.31. The van der Waals surface area contributed by atoms with Crippen LogP contribution in [0.3, 0.4) is 0 Å². The van der Waals surface area contributed by atoms with Crippen LogP contribution in [0.5, 0.6) is 0 Å². The molecule has 1 aromatic rings. The number of nitrogens with zero attached hydrogens (tertiary/aromatic N) is 1. The Kier molecular flexibility index (Phi) is 4.17. The summed E-state index contributed by atoms with van der Waals surface area (Å²) in [6.07, 6.45) is 3.81. The van der Waals surface area contributed by atoms with E-state index in [1.807, 2.05) is 6.07 Å². The average molecular weight is 243 g/mol. The van der Waals surface area contributed by atoms with Gasteiger partial charge in [0.25, 0.3) is 0 Å². The van der Waals surface area contributed by atoms with E-state index in [0.717, 1.165) is 5.56 Å². The molecular weight excluding hydrogens is 230 g/mol. The third-order valence-corrected chi connectivity index (χ3v) is 2.73. The lowest BCUT2D eigenvalue weighted by Crippen LogP contribution is -2.41. The first-order valence-corrected chi connectivity index (χ1v) is 6.21. The zero-order valence-electron chi connectivity index (χ0n) is 8.61. The van der Waals surface area contributed by atoms with E-state index in [0.29, 0.717) is 0 Å². The molecule has 1 aromatic heterocycles. The first-order valence-electron chi connectivity index (χ1n) is 4.64. The molecule has 88 valence electrons. The van der Waals surface area contributed by atoms with Gasteiger partial charge in [-0.25, -0.2) is 13.0 Å². The van der Waals surface area contributed by atoms with Crippen molar-refractivity contribution in [1.82, 2.24) is 0 Å². The molecule has 1 unspecified atom stereocenters. The van der Waals surface area contributed by atoms with Crippen molar-refractivity contribution in [2.75, 3.05) is 5.75 Å². The molecule has 1 N–H and O–H groups in total. The zero-order valence-corrected chi connectivity index (χ0v) is 9.43. The fourth-order valence-corrected chi connectivity index (χ4v) is 1.88. The summed E-state index contributed by atoms with van der Waals surface area (Å²) >= 11 is 0. The van der Waals surface area contributed by atoms with Gasteiger partial charge in [0.05, 0.1) is 15.9 Å². The van der Waals surface area contributed by atoms with Crippen molar-refractivity contribution in [3.63, 3.8) is 0 Å².